The van der Waals surface area contributed by atoms with Crippen LogP contribution in [0.1, 0.15) is 34.9 Å². The zero-order valence-corrected chi connectivity index (χ0v) is 15.5. The van der Waals surface area contributed by atoms with E-state index in [1.165, 1.54) is 44.4 Å². The molecule has 0 amide bonds. The summed E-state index contributed by atoms with van der Waals surface area (Å²) in [5.41, 5.74) is 9.51. The Bertz CT molecular complexity index is 964. The van der Waals surface area contributed by atoms with Gasteiger partial charge < -0.3 is 9.47 Å². The molecule has 4 rings (SSSR count). The third-order valence-corrected chi connectivity index (χ3v) is 5.27. The fourth-order valence-corrected chi connectivity index (χ4v) is 4.06. The highest BCUT2D eigenvalue weighted by Gasteiger charge is 2.23. The molecule has 3 aromatic rings. The van der Waals surface area contributed by atoms with E-state index in [-0.39, 0.29) is 0 Å². The molecule has 0 radical (unpaired) electrons. The summed E-state index contributed by atoms with van der Waals surface area (Å²) >= 11 is 0. The molecule has 0 bridgehead atoms. The van der Waals surface area contributed by atoms with Crippen molar-refractivity contribution >= 4 is 22.7 Å². The second-order valence-corrected chi connectivity index (χ2v) is 7.31. The van der Waals surface area contributed by atoms with Crippen LogP contribution in [-0.2, 0) is 13.0 Å². The molecule has 0 saturated carbocycles. The SMILES string of the molecule is C/C(=C\n1c2c(c3cc(C)cc(C)c31)CN(C)CC2)c1ccncc1. The summed E-state index contributed by atoms with van der Waals surface area (Å²) in [6.07, 6.45) is 7.13. The third kappa shape index (κ3) is 2.79. The number of benzene rings is 1. The van der Waals surface area contributed by atoms with Crippen LogP contribution in [0, 0.1) is 13.8 Å². The first-order chi connectivity index (χ1) is 12.0. The van der Waals surface area contributed by atoms with Crippen LogP contribution in [0.5, 0.6) is 0 Å². The number of aromatic nitrogens is 2. The van der Waals surface area contributed by atoms with E-state index in [2.05, 4.69) is 72.7 Å². The van der Waals surface area contributed by atoms with Gasteiger partial charge in [-0.3, -0.25) is 4.98 Å². The smallest absolute Gasteiger partial charge is 0.0558 e. The van der Waals surface area contributed by atoms with Gasteiger partial charge >= 0.3 is 0 Å². The normalized spacial score (nSPS) is 15.6. The molecule has 3 heteroatoms. The van der Waals surface area contributed by atoms with Gasteiger partial charge in [0.05, 0.1) is 5.52 Å². The van der Waals surface area contributed by atoms with Crippen molar-refractivity contribution in [1.29, 1.82) is 0 Å². The molecular weight excluding hydrogens is 306 g/mol. The van der Waals surface area contributed by atoms with Crippen molar-refractivity contribution in [2.75, 3.05) is 13.6 Å². The second kappa shape index (κ2) is 6.16. The molecule has 0 fully saturated rings. The van der Waals surface area contributed by atoms with E-state index in [1.807, 2.05) is 12.4 Å². The van der Waals surface area contributed by atoms with Gasteiger partial charge in [-0.2, -0.15) is 0 Å². The lowest BCUT2D eigenvalue weighted by Crippen LogP contribution is -2.26. The van der Waals surface area contributed by atoms with Crippen molar-refractivity contribution in [2.45, 2.75) is 33.7 Å². The van der Waals surface area contributed by atoms with Crippen LogP contribution in [0.3, 0.4) is 0 Å². The summed E-state index contributed by atoms with van der Waals surface area (Å²) < 4.78 is 2.45. The van der Waals surface area contributed by atoms with Crippen molar-refractivity contribution in [1.82, 2.24) is 14.5 Å². The number of fused-ring (bicyclic) bond motifs is 3. The fourth-order valence-electron chi connectivity index (χ4n) is 4.06. The van der Waals surface area contributed by atoms with Gasteiger partial charge in [0.15, 0.2) is 0 Å². The van der Waals surface area contributed by atoms with Gasteiger partial charge in [-0.15, -0.1) is 0 Å². The molecule has 1 aliphatic heterocycles. The topological polar surface area (TPSA) is 21.1 Å². The standard InChI is InChI=1S/C22H25N3/c1-15-11-16(2)22-19(12-15)20-14-24(4)10-7-21(20)25(22)13-17(3)18-5-8-23-9-6-18/h5-6,8-9,11-13H,7,10,14H2,1-4H3/b17-13+. The van der Waals surface area contributed by atoms with E-state index >= 15 is 0 Å². The highest BCUT2D eigenvalue weighted by atomic mass is 15.1. The summed E-state index contributed by atoms with van der Waals surface area (Å²) in [5, 5.41) is 1.41. The number of hydrogen-bond donors (Lipinski definition) is 0. The predicted molar refractivity (Wildman–Crippen MR) is 106 cm³/mol. The quantitative estimate of drug-likeness (QED) is 0.681. The lowest BCUT2D eigenvalue weighted by molar-refractivity contribution is 0.312. The van der Waals surface area contributed by atoms with Crippen LogP contribution in [0.25, 0.3) is 22.7 Å². The molecule has 25 heavy (non-hydrogen) atoms. The van der Waals surface area contributed by atoms with Gasteiger partial charge in [-0.1, -0.05) is 11.6 Å². The van der Waals surface area contributed by atoms with Crippen molar-refractivity contribution < 1.29 is 0 Å². The summed E-state index contributed by atoms with van der Waals surface area (Å²) in [6.45, 7) is 8.76. The zero-order valence-electron chi connectivity index (χ0n) is 15.5. The molecule has 0 unspecified atom stereocenters. The van der Waals surface area contributed by atoms with Gasteiger partial charge in [-0.25, -0.2) is 0 Å². The third-order valence-electron chi connectivity index (χ3n) is 5.27. The maximum Gasteiger partial charge on any atom is 0.0558 e. The summed E-state index contributed by atoms with van der Waals surface area (Å²) in [7, 11) is 2.22. The first kappa shape index (κ1) is 16.1. The van der Waals surface area contributed by atoms with Crippen LogP contribution >= 0.6 is 0 Å². The Kier molecular flexibility index (Phi) is 3.97. The lowest BCUT2D eigenvalue weighted by Gasteiger charge is -2.23. The first-order valence-corrected chi connectivity index (χ1v) is 8.95. The average molecular weight is 331 g/mol. The number of hydrogen-bond acceptors (Lipinski definition) is 2. The number of allylic oxidation sites excluding steroid dienone is 1. The van der Waals surface area contributed by atoms with Gasteiger partial charge in [-0.05, 0) is 68.3 Å². The van der Waals surface area contributed by atoms with Gasteiger partial charge in [0.1, 0.15) is 0 Å². The number of nitrogens with zero attached hydrogens (tertiary/aromatic N) is 3. The number of aryl methyl sites for hydroxylation is 2. The minimum absolute atomic E-state index is 1.03. The van der Waals surface area contributed by atoms with Gasteiger partial charge in [0, 0.05) is 49.2 Å². The Morgan fingerprint density at radius 2 is 1.92 bits per heavy atom. The zero-order chi connectivity index (χ0) is 17.6. The Morgan fingerprint density at radius 1 is 1.16 bits per heavy atom. The van der Waals surface area contributed by atoms with E-state index in [4.69, 9.17) is 0 Å². The Hall–Kier alpha value is -2.39. The van der Waals surface area contributed by atoms with Gasteiger partial charge in [0.2, 0.25) is 0 Å². The van der Waals surface area contributed by atoms with Gasteiger partial charge in [0.25, 0.3) is 0 Å². The van der Waals surface area contributed by atoms with E-state index in [1.54, 1.807) is 0 Å². The molecule has 0 spiro atoms. The Balaban J connectivity index is 1.98. The van der Waals surface area contributed by atoms with E-state index in [0.717, 1.165) is 19.5 Å². The lowest BCUT2D eigenvalue weighted by atomic mass is 10.0. The van der Waals surface area contributed by atoms with Crippen LogP contribution in [0.4, 0.5) is 0 Å². The number of rotatable bonds is 2. The molecule has 1 aromatic carbocycles. The van der Waals surface area contributed by atoms with Crippen molar-refractivity contribution in [3.63, 3.8) is 0 Å². The molecule has 128 valence electrons. The molecule has 0 atom stereocenters. The molecule has 0 aliphatic carbocycles. The molecule has 1 aliphatic rings. The minimum Gasteiger partial charge on any atom is -0.319 e. The van der Waals surface area contributed by atoms with Crippen molar-refractivity contribution in [3.8, 4) is 0 Å². The molecule has 0 N–H and O–H groups in total. The number of likely N-dealkylation sites (N-methyl/N-ethyl adjacent to an activating group) is 1. The minimum atomic E-state index is 1.03. The average Bonchev–Trinajstić information content (AvgIpc) is 2.89. The highest BCUT2D eigenvalue weighted by Crippen LogP contribution is 2.34. The van der Waals surface area contributed by atoms with Crippen LogP contribution < -0.4 is 0 Å². The van der Waals surface area contributed by atoms with Crippen LogP contribution in [-0.4, -0.2) is 28.0 Å². The first-order valence-electron chi connectivity index (χ1n) is 8.95. The predicted octanol–water partition coefficient (Wildman–Crippen LogP) is 4.66. The molecule has 3 nitrogen and oxygen atoms in total. The van der Waals surface area contributed by atoms with Crippen molar-refractivity contribution in [2.24, 2.45) is 0 Å². The molecule has 3 heterocycles. The number of pyridine rings is 1. The Labute approximate surface area is 149 Å². The maximum atomic E-state index is 4.14. The van der Waals surface area contributed by atoms with E-state index in [9.17, 15) is 0 Å². The summed E-state index contributed by atoms with van der Waals surface area (Å²) in [6, 6.07) is 8.81. The summed E-state index contributed by atoms with van der Waals surface area (Å²) in [5.74, 6) is 0. The monoisotopic (exact) mass is 331 g/mol. The van der Waals surface area contributed by atoms with E-state index < -0.39 is 0 Å². The van der Waals surface area contributed by atoms with Crippen LogP contribution in [0.2, 0.25) is 0 Å². The maximum absolute atomic E-state index is 4.14. The molecule has 0 saturated heterocycles. The Morgan fingerprint density at radius 3 is 2.68 bits per heavy atom. The largest absolute Gasteiger partial charge is 0.319 e. The van der Waals surface area contributed by atoms with E-state index in [0.29, 0.717) is 0 Å². The van der Waals surface area contributed by atoms with Crippen LogP contribution in [0.15, 0.2) is 36.7 Å². The highest BCUT2D eigenvalue weighted by molar-refractivity contribution is 5.92. The molecular formula is C22H25N3. The van der Waals surface area contributed by atoms with Crippen molar-refractivity contribution in [3.05, 3.63) is 64.6 Å². The molecule has 2 aromatic heterocycles. The second-order valence-electron chi connectivity index (χ2n) is 7.31. The summed E-state index contributed by atoms with van der Waals surface area (Å²) in [4.78, 5) is 6.56. The fraction of sp³-hybridized carbons (Fsp3) is 0.318.